The van der Waals surface area contributed by atoms with Gasteiger partial charge < -0.3 is 30.2 Å². The van der Waals surface area contributed by atoms with Crippen LogP contribution in [0, 0.1) is 5.82 Å². The van der Waals surface area contributed by atoms with Gasteiger partial charge in [0.25, 0.3) is 5.56 Å². The molecule has 8 nitrogen and oxygen atoms in total. The van der Waals surface area contributed by atoms with Gasteiger partial charge in [-0.3, -0.25) is 4.79 Å². The van der Waals surface area contributed by atoms with E-state index in [0.29, 0.717) is 24.0 Å². The number of nitrogens with two attached hydrogens (primary N) is 1. The third-order valence-electron chi connectivity index (χ3n) is 7.78. The van der Waals surface area contributed by atoms with Crippen LogP contribution >= 0.6 is 0 Å². The van der Waals surface area contributed by atoms with E-state index >= 15 is 0 Å². The number of imidazole rings is 1. The number of benzene rings is 2. The molecule has 0 amide bonds. The van der Waals surface area contributed by atoms with E-state index in [2.05, 4.69) is 50.7 Å². The third kappa shape index (κ3) is 3.83. The normalized spacial score (nSPS) is 18.6. The summed E-state index contributed by atoms with van der Waals surface area (Å²) in [5, 5.41) is 0.190. The number of rotatable bonds is 3. The van der Waals surface area contributed by atoms with E-state index in [1.807, 2.05) is 6.07 Å². The molecule has 0 atom stereocenters. The summed E-state index contributed by atoms with van der Waals surface area (Å²) in [4.78, 5) is 28.3. The van der Waals surface area contributed by atoms with Crippen LogP contribution in [0.3, 0.4) is 0 Å². The first-order valence-corrected chi connectivity index (χ1v) is 12.6. The molecule has 4 heterocycles. The summed E-state index contributed by atoms with van der Waals surface area (Å²) >= 11 is 0. The molecule has 4 N–H and O–H groups in total. The van der Waals surface area contributed by atoms with Crippen molar-refractivity contribution in [3.05, 3.63) is 52.6 Å². The molecule has 9 heteroatoms. The lowest BCUT2D eigenvalue weighted by molar-refractivity contribution is -0.0943. The molecule has 188 valence electrons. The van der Waals surface area contributed by atoms with Crippen molar-refractivity contribution in [1.29, 1.82) is 0 Å². The second-order valence-corrected chi connectivity index (χ2v) is 10.3. The van der Waals surface area contributed by atoms with E-state index in [-0.39, 0.29) is 22.2 Å². The summed E-state index contributed by atoms with van der Waals surface area (Å²) in [6, 6.07) is 11.1. The van der Waals surface area contributed by atoms with Gasteiger partial charge in [-0.1, -0.05) is 6.07 Å². The van der Waals surface area contributed by atoms with Crippen LogP contribution in [0.15, 0.2) is 41.2 Å². The molecular weight excluding hydrogens is 459 g/mol. The number of piperidine rings is 1. The van der Waals surface area contributed by atoms with Gasteiger partial charge in [0.05, 0.1) is 39.8 Å². The average Bonchev–Trinajstić information content (AvgIpc) is 3.27. The van der Waals surface area contributed by atoms with Crippen LogP contribution < -0.4 is 16.2 Å². The molecular formula is C27H31FN6O2. The minimum Gasteiger partial charge on any atom is -0.397 e. The summed E-state index contributed by atoms with van der Waals surface area (Å²) in [6.45, 7) is 8.96. The van der Waals surface area contributed by atoms with Gasteiger partial charge >= 0.3 is 0 Å². The van der Waals surface area contributed by atoms with Crippen molar-refractivity contribution >= 4 is 33.3 Å². The van der Waals surface area contributed by atoms with Crippen molar-refractivity contribution in [2.75, 3.05) is 43.4 Å². The smallest absolute Gasteiger partial charge is 0.261 e. The molecule has 4 aromatic rings. The number of nitrogen functional groups attached to an aromatic ring is 1. The minimum absolute atomic E-state index is 0.0778. The van der Waals surface area contributed by atoms with E-state index in [0.717, 1.165) is 55.7 Å². The van der Waals surface area contributed by atoms with Crippen LogP contribution in [0.25, 0.3) is 33.3 Å². The summed E-state index contributed by atoms with van der Waals surface area (Å²) in [6.07, 6.45) is 2.05. The Kier molecular flexibility index (Phi) is 5.49. The summed E-state index contributed by atoms with van der Waals surface area (Å²) in [7, 11) is 0. The van der Waals surface area contributed by atoms with Gasteiger partial charge in [0.2, 0.25) is 0 Å². The molecule has 0 bridgehead atoms. The van der Waals surface area contributed by atoms with Crippen LogP contribution in [-0.2, 0) is 4.74 Å². The Labute approximate surface area is 208 Å². The molecule has 0 aliphatic carbocycles. The molecule has 2 aromatic carbocycles. The van der Waals surface area contributed by atoms with E-state index < -0.39 is 11.4 Å². The fraction of sp³-hybridized carbons (Fsp3) is 0.407. The van der Waals surface area contributed by atoms with Crippen molar-refractivity contribution in [2.24, 2.45) is 0 Å². The quantitative estimate of drug-likeness (QED) is 0.403. The highest BCUT2D eigenvalue weighted by atomic mass is 19.1. The first-order chi connectivity index (χ1) is 17.3. The number of hydrogen-bond donors (Lipinski definition) is 3. The lowest BCUT2D eigenvalue weighted by Gasteiger charge is -2.48. The largest absolute Gasteiger partial charge is 0.397 e. The first kappa shape index (κ1) is 23.0. The van der Waals surface area contributed by atoms with E-state index in [1.165, 1.54) is 6.07 Å². The van der Waals surface area contributed by atoms with E-state index in [9.17, 15) is 9.18 Å². The Morgan fingerprint density at radius 3 is 2.69 bits per heavy atom. The van der Waals surface area contributed by atoms with Gasteiger partial charge in [-0.2, -0.15) is 0 Å². The molecule has 2 fully saturated rings. The Morgan fingerprint density at radius 1 is 1.11 bits per heavy atom. The lowest BCUT2D eigenvalue weighted by Crippen LogP contribution is -2.57. The highest BCUT2D eigenvalue weighted by Crippen LogP contribution is 2.34. The highest BCUT2D eigenvalue weighted by molar-refractivity contribution is 5.98. The second-order valence-electron chi connectivity index (χ2n) is 10.3. The molecule has 2 aliphatic rings. The predicted molar refractivity (Wildman–Crippen MR) is 141 cm³/mol. The fourth-order valence-electron chi connectivity index (χ4n) is 5.70. The maximum Gasteiger partial charge on any atom is 0.261 e. The van der Waals surface area contributed by atoms with Gasteiger partial charge in [-0.25, -0.2) is 9.37 Å². The van der Waals surface area contributed by atoms with Crippen molar-refractivity contribution in [1.82, 2.24) is 19.9 Å². The molecule has 0 radical (unpaired) electrons. The zero-order valence-corrected chi connectivity index (χ0v) is 20.6. The topological polar surface area (TPSA) is 103 Å². The van der Waals surface area contributed by atoms with Crippen LogP contribution in [-0.4, -0.2) is 64.3 Å². The van der Waals surface area contributed by atoms with Crippen molar-refractivity contribution in [3.63, 3.8) is 0 Å². The molecule has 2 saturated heterocycles. The maximum atomic E-state index is 14.5. The highest BCUT2D eigenvalue weighted by Gasteiger charge is 2.40. The third-order valence-corrected chi connectivity index (χ3v) is 7.78. The number of H-pyrrole nitrogens is 2. The van der Waals surface area contributed by atoms with Crippen molar-refractivity contribution in [3.8, 4) is 11.4 Å². The monoisotopic (exact) mass is 490 g/mol. The molecule has 0 unspecified atom stereocenters. The van der Waals surface area contributed by atoms with Gasteiger partial charge in [-0.15, -0.1) is 0 Å². The van der Waals surface area contributed by atoms with E-state index in [4.69, 9.17) is 10.5 Å². The van der Waals surface area contributed by atoms with Crippen LogP contribution in [0.1, 0.15) is 26.7 Å². The number of morpholine rings is 1. The van der Waals surface area contributed by atoms with Crippen LogP contribution in [0.5, 0.6) is 0 Å². The summed E-state index contributed by atoms with van der Waals surface area (Å²) < 4.78 is 20.8. The number of aromatic amines is 2. The molecule has 2 aromatic heterocycles. The number of hydrogen-bond acceptors (Lipinski definition) is 6. The zero-order valence-electron chi connectivity index (χ0n) is 20.6. The molecule has 1 spiro atoms. The fourth-order valence-corrected chi connectivity index (χ4v) is 5.70. The van der Waals surface area contributed by atoms with Crippen LogP contribution in [0.4, 0.5) is 15.8 Å². The van der Waals surface area contributed by atoms with Crippen LogP contribution in [0.2, 0.25) is 0 Å². The van der Waals surface area contributed by atoms with Gasteiger partial charge in [0.15, 0.2) is 0 Å². The van der Waals surface area contributed by atoms with Crippen molar-refractivity contribution < 1.29 is 9.13 Å². The number of halogens is 1. The predicted octanol–water partition coefficient (Wildman–Crippen LogP) is 3.87. The molecule has 2 aliphatic heterocycles. The Balaban J connectivity index is 1.31. The number of aromatic nitrogens is 3. The molecule has 36 heavy (non-hydrogen) atoms. The molecule has 0 saturated carbocycles. The number of anilines is 2. The Bertz CT molecular complexity index is 1500. The van der Waals surface area contributed by atoms with E-state index in [1.54, 1.807) is 12.1 Å². The average molecular weight is 491 g/mol. The summed E-state index contributed by atoms with van der Waals surface area (Å²) in [5.74, 6) is -0.160. The Hall–Kier alpha value is -3.43. The number of ether oxygens (including phenoxy) is 1. The first-order valence-electron chi connectivity index (χ1n) is 12.6. The zero-order chi connectivity index (χ0) is 25.0. The number of fused-ring (bicyclic) bond motifs is 2. The Morgan fingerprint density at radius 2 is 1.92 bits per heavy atom. The number of nitrogens with zero attached hydrogens (tertiary/aromatic N) is 3. The van der Waals surface area contributed by atoms with Crippen molar-refractivity contribution in [2.45, 2.75) is 38.3 Å². The maximum absolute atomic E-state index is 14.5. The van der Waals surface area contributed by atoms with Gasteiger partial charge in [-0.05, 0) is 57.0 Å². The lowest BCUT2D eigenvalue weighted by atomic mass is 9.88. The van der Waals surface area contributed by atoms with Gasteiger partial charge in [0, 0.05) is 37.9 Å². The summed E-state index contributed by atoms with van der Waals surface area (Å²) in [5.41, 5.74) is 8.94. The number of pyridine rings is 1. The standard InChI is InChI=1S/C27H31FN6O2/c1-16(2)33-10-8-27(9-11-33)15-34(12-13-36-27)17-6-7-19-21(14-17)31-25(30-19)23-24(29)22-18(28)4-3-5-20(22)32-26(23)35/h3-7,14,16H,8-13,15H2,1-2H3,(H,30,31)(H3,29,32,35). The number of likely N-dealkylation sites (tertiary alicyclic amines) is 1. The second kappa shape index (κ2) is 8.60. The van der Waals surface area contributed by atoms with Gasteiger partial charge in [0.1, 0.15) is 17.2 Å². The SMILES string of the molecule is CC(C)N1CCC2(CC1)CN(c1ccc3nc(-c4c(N)c5c(F)cccc5[nH]c4=O)[nH]c3c1)CCO2. The minimum atomic E-state index is -0.485. The number of nitrogens with one attached hydrogen (secondary N) is 2. The molecule has 6 rings (SSSR count).